The first-order chi connectivity index (χ1) is 12.8. The second-order valence-corrected chi connectivity index (χ2v) is 13.8. The van der Waals surface area contributed by atoms with Crippen LogP contribution in [-0.4, -0.2) is 20.7 Å². The van der Waals surface area contributed by atoms with Gasteiger partial charge in [-0.25, -0.2) is 0 Å². The molecular formula is C24H30O2Si. The Kier molecular flexibility index (Phi) is 4.43. The monoisotopic (exact) mass is 378 g/mol. The molecule has 27 heavy (non-hydrogen) atoms. The number of aldehydes is 1. The zero-order valence-electron chi connectivity index (χ0n) is 16.8. The van der Waals surface area contributed by atoms with Gasteiger partial charge in [-0.1, -0.05) is 88.4 Å². The van der Waals surface area contributed by atoms with Gasteiger partial charge in [0.05, 0.1) is 0 Å². The molecule has 2 saturated carbocycles. The summed E-state index contributed by atoms with van der Waals surface area (Å²) in [4.78, 5) is 11.7. The second kappa shape index (κ2) is 6.42. The van der Waals surface area contributed by atoms with Gasteiger partial charge in [-0.05, 0) is 40.1 Å². The zero-order valence-corrected chi connectivity index (χ0v) is 17.8. The van der Waals surface area contributed by atoms with Crippen molar-refractivity contribution >= 4 is 25.0 Å². The second-order valence-electron chi connectivity index (χ2n) is 9.54. The van der Waals surface area contributed by atoms with E-state index in [2.05, 4.69) is 88.4 Å². The summed E-state index contributed by atoms with van der Waals surface area (Å²) in [7, 11) is -2.53. The average molecular weight is 379 g/mol. The minimum atomic E-state index is -2.53. The molecule has 0 saturated heterocycles. The van der Waals surface area contributed by atoms with E-state index in [0.717, 1.165) is 12.8 Å². The van der Waals surface area contributed by atoms with Crippen LogP contribution in [0.1, 0.15) is 40.5 Å². The molecule has 2 nitrogen and oxygen atoms in total. The van der Waals surface area contributed by atoms with E-state index < -0.39 is 8.32 Å². The van der Waals surface area contributed by atoms with Crippen LogP contribution in [0, 0.1) is 17.3 Å². The number of benzene rings is 2. The molecule has 0 N–H and O–H groups in total. The molecule has 0 amide bonds. The van der Waals surface area contributed by atoms with Gasteiger partial charge in [-0.3, -0.25) is 0 Å². The Morgan fingerprint density at radius 2 is 1.48 bits per heavy atom. The molecule has 2 fully saturated rings. The third-order valence-electron chi connectivity index (χ3n) is 6.96. The van der Waals surface area contributed by atoms with Gasteiger partial charge in [0, 0.05) is 11.5 Å². The summed E-state index contributed by atoms with van der Waals surface area (Å²) in [5.74, 6) is 0.954. The van der Waals surface area contributed by atoms with E-state index in [0.29, 0.717) is 11.8 Å². The molecule has 142 valence electrons. The fraction of sp³-hybridized carbons (Fsp3) is 0.458. The predicted molar refractivity (Wildman–Crippen MR) is 113 cm³/mol. The first-order valence-electron chi connectivity index (χ1n) is 10.1. The molecular weight excluding hydrogens is 348 g/mol. The standard InChI is InChI=1S/C24H30O2Si/c1-18-21-15-24(21,17-25)16-22(18)26-27(23(2,3)4,19-11-7-5-8-12-19)20-13-9-6-10-14-20/h5-14,17-18,21-22H,15-16H2,1-4H3/t18-,21-,22+,24+/m1/s1. The maximum absolute atomic E-state index is 11.7. The van der Waals surface area contributed by atoms with Crippen molar-refractivity contribution < 1.29 is 9.22 Å². The number of hydrogen-bond acceptors (Lipinski definition) is 2. The van der Waals surface area contributed by atoms with Crippen LogP contribution in [0.4, 0.5) is 0 Å². The Morgan fingerprint density at radius 3 is 1.89 bits per heavy atom. The number of fused-ring (bicyclic) bond motifs is 1. The van der Waals surface area contributed by atoms with Gasteiger partial charge in [-0.2, -0.15) is 0 Å². The Hall–Kier alpha value is -1.71. The van der Waals surface area contributed by atoms with Crippen molar-refractivity contribution in [3.05, 3.63) is 60.7 Å². The van der Waals surface area contributed by atoms with Gasteiger partial charge >= 0.3 is 0 Å². The molecule has 4 atom stereocenters. The summed E-state index contributed by atoms with van der Waals surface area (Å²) in [6.07, 6.45) is 3.30. The number of carbonyl (C=O) groups is 1. The SMILES string of the molecule is C[C@H]1[C@@H](O[Si](c2ccccc2)(c2ccccc2)C(C)(C)C)C[C@]2(C=O)C[C@H]12. The molecule has 0 unspecified atom stereocenters. The average Bonchev–Trinajstić information content (AvgIpc) is 3.33. The van der Waals surface area contributed by atoms with E-state index >= 15 is 0 Å². The highest BCUT2D eigenvalue weighted by Gasteiger charge is 2.66. The van der Waals surface area contributed by atoms with Crippen molar-refractivity contribution in [1.29, 1.82) is 0 Å². The number of hydrogen-bond donors (Lipinski definition) is 0. The zero-order chi connectivity index (χ0) is 19.3. The van der Waals surface area contributed by atoms with Crippen LogP contribution in [0.3, 0.4) is 0 Å². The molecule has 3 heteroatoms. The van der Waals surface area contributed by atoms with Crippen molar-refractivity contribution in [1.82, 2.24) is 0 Å². The van der Waals surface area contributed by atoms with Gasteiger partial charge in [0.1, 0.15) is 6.29 Å². The molecule has 0 bridgehead atoms. The van der Waals surface area contributed by atoms with Crippen molar-refractivity contribution in [2.75, 3.05) is 0 Å². The highest BCUT2D eigenvalue weighted by molar-refractivity contribution is 6.99. The van der Waals surface area contributed by atoms with Crippen molar-refractivity contribution in [2.24, 2.45) is 17.3 Å². The molecule has 0 heterocycles. The lowest BCUT2D eigenvalue weighted by Crippen LogP contribution is -2.68. The van der Waals surface area contributed by atoms with E-state index in [9.17, 15) is 4.79 Å². The van der Waals surface area contributed by atoms with Gasteiger partial charge in [0.2, 0.25) is 0 Å². The lowest BCUT2D eigenvalue weighted by Gasteiger charge is -2.45. The summed E-state index contributed by atoms with van der Waals surface area (Å²) in [5.41, 5.74) is -0.102. The predicted octanol–water partition coefficient (Wildman–Crippen LogP) is 4.18. The Labute approximate surface area is 164 Å². The van der Waals surface area contributed by atoms with Gasteiger partial charge < -0.3 is 9.22 Å². The molecule has 0 aromatic heterocycles. The van der Waals surface area contributed by atoms with Crippen molar-refractivity contribution in [2.45, 2.75) is 51.7 Å². The van der Waals surface area contributed by atoms with Crippen LogP contribution in [-0.2, 0) is 9.22 Å². The molecule has 4 rings (SSSR count). The van der Waals surface area contributed by atoms with Gasteiger partial charge in [0.15, 0.2) is 0 Å². The number of rotatable bonds is 5. The topological polar surface area (TPSA) is 26.3 Å². The summed E-state index contributed by atoms with van der Waals surface area (Å²) in [5, 5.41) is 2.62. The molecule has 2 aromatic rings. The lowest BCUT2D eigenvalue weighted by atomic mass is 10.0. The largest absolute Gasteiger partial charge is 0.404 e. The smallest absolute Gasteiger partial charge is 0.261 e. The Morgan fingerprint density at radius 1 is 0.963 bits per heavy atom. The molecule has 2 aliphatic rings. The first-order valence-corrected chi connectivity index (χ1v) is 12.0. The van der Waals surface area contributed by atoms with Crippen molar-refractivity contribution in [3.8, 4) is 0 Å². The first kappa shape index (κ1) is 18.6. The van der Waals surface area contributed by atoms with E-state index in [1.54, 1.807) is 0 Å². The summed E-state index contributed by atoms with van der Waals surface area (Å²) < 4.78 is 7.26. The van der Waals surface area contributed by atoms with Crippen LogP contribution in [0.2, 0.25) is 5.04 Å². The summed E-state index contributed by atoms with van der Waals surface area (Å²) in [6, 6.07) is 21.6. The van der Waals surface area contributed by atoms with Crippen molar-refractivity contribution in [3.63, 3.8) is 0 Å². The van der Waals surface area contributed by atoms with Gasteiger partial charge in [0.25, 0.3) is 8.32 Å². The van der Waals surface area contributed by atoms with Crippen LogP contribution in [0.5, 0.6) is 0 Å². The third kappa shape index (κ3) is 2.83. The molecule has 0 spiro atoms. The maximum Gasteiger partial charge on any atom is 0.261 e. The minimum Gasteiger partial charge on any atom is -0.404 e. The quantitative estimate of drug-likeness (QED) is 0.576. The summed E-state index contributed by atoms with van der Waals surface area (Å²) in [6.45, 7) is 9.23. The fourth-order valence-electron chi connectivity index (χ4n) is 5.37. The lowest BCUT2D eigenvalue weighted by molar-refractivity contribution is -0.112. The highest BCUT2D eigenvalue weighted by atomic mass is 28.4. The molecule has 0 radical (unpaired) electrons. The highest BCUT2D eigenvalue weighted by Crippen LogP contribution is 2.65. The normalized spacial score (nSPS) is 30.0. The van der Waals surface area contributed by atoms with E-state index in [1.807, 2.05) is 0 Å². The molecule has 2 aromatic carbocycles. The Balaban J connectivity index is 1.82. The molecule has 0 aliphatic heterocycles. The summed E-state index contributed by atoms with van der Waals surface area (Å²) >= 11 is 0. The van der Waals surface area contributed by atoms with E-state index in [-0.39, 0.29) is 16.6 Å². The van der Waals surface area contributed by atoms with E-state index in [1.165, 1.54) is 16.7 Å². The van der Waals surface area contributed by atoms with Crippen LogP contribution in [0.25, 0.3) is 0 Å². The van der Waals surface area contributed by atoms with Crippen LogP contribution < -0.4 is 10.4 Å². The third-order valence-corrected chi connectivity index (χ3v) is 12.0. The van der Waals surface area contributed by atoms with Gasteiger partial charge in [-0.15, -0.1) is 0 Å². The van der Waals surface area contributed by atoms with E-state index in [4.69, 9.17) is 4.43 Å². The molecule has 2 aliphatic carbocycles. The Bertz CT molecular complexity index is 772. The van der Waals surface area contributed by atoms with Crippen LogP contribution >= 0.6 is 0 Å². The minimum absolute atomic E-state index is 0.0173. The maximum atomic E-state index is 11.7. The number of carbonyl (C=O) groups excluding carboxylic acids is 1. The van der Waals surface area contributed by atoms with Crippen LogP contribution in [0.15, 0.2) is 60.7 Å². The fourth-order valence-corrected chi connectivity index (χ4v) is 10.1.